The van der Waals surface area contributed by atoms with Crippen LogP contribution in [0.3, 0.4) is 0 Å². The largest absolute Gasteiger partial charge is 0.481 e. The molecule has 0 aliphatic rings. The van der Waals surface area contributed by atoms with Crippen LogP contribution in [0.15, 0.2) is 6.07 Å². The van der Waals surface area contributed by atoms with Crippen molar-refractivity contribution >= 4 is 27.5 Å². The maximum Gasteiger partial charge on any atom is 0.264 e. The third-order valence-electron chi connectivity index (χ3n) is 1.66. The van der Waals surface area contributed by atoms with Gasteiger partial charge in [0, 0.05) is 22.5 Å². The van der Waals surface area contributed by atoms with Gasteiger partial charge < -0.3 is 4.74 Å². The first-order valence-electron chi connectivity index (χ1n) is 3.67. The van der Waals surface area contributed by atoms with Crippen LogP contribution in [0.5, 0.6) is 5.88 Å². The zero-order valence-electron chi connectivity index (χ0n) is 7.23. The molecule has 0 N–H and O–H groups in total. The molecule has 0 atom stereocenters. The number of methoxy groups -OCH3 is 1. The van der Waals surface area contributed by atoms with Gasteiger partial charge in [-0.15, -0.1) is 0 Å². The molecule has 0 saturated heterocycles. The van der Waals surface area contributed by atoms with Gasteiger partial charge in [0.05, 0.1) is 7.11 Å². The first kappa shape index (κ1) is 11.7. The van der Waals surface area contributed by atoms with Gasteiger partial charge >= 0.3 is 0 Å². The van der Waals surface area contributed by atoms with E-state index in [1.54, 1.807) is 0 Å². The van der Waals surface area contributed by atoms with Crippen molar-refractivity contribution in [3.63, 3.8) is 0 Å². The van der Waals surface area contributed by atoms with Crippen molar-refractivity contribution in [3.05, 3.63) is 22.3 Å². The summed E-state index contributed by atoms with van der Waals surface area (Å²) < 4.78 is 29.8. The molecular weight excluding hydrogens is 279 g/mol. The number of pyridine rings is 1. The maximum atomic E-state index is 12.5. The summed E-state index contributed by atoms with van der Waals surface area (Å²) in [6.07, 6.45) is -2.59. The summed E-state index contributed by atoms with van der Waals surface area (Å²) in [5, 5.41) is 0.277. The van der Waals surface area contributed by atoms with E-state index >= 15 is 0 Å². The van der Waals surface area contributed by atoms with Crippen LogP contribution in [0.25, 0.3) is 0 Å². The molecule has 2 nitrogen and oxygen atoms in total. The number of hydrogen-bond acceptors (Lipinski definition) is 2. The van der Waals surface area contributed by atoms with Crippen molar-refractivity contribution in [2.75, 3.05) is 7.11 Å². The van der Waals surface area contributed by atoms with Crippen LogP contribution in [0, 0.1) is 0 Å². The van der Waals surface area contributed by atoms with Gasteiger partial charge in [-0.2, -0.15) is 0 Å². The van der Waals surface area contributed by atoms with E-state index in [0.717, 1.165) is 0 Å². The maximum absolute atomic E-state index is 12.5. The summed E-state index contributed by atoms with van der Waals surface area (Å²) in [5.41, 5.74) is 0.140. The second kappa shape index (κ2) is 4.89. The summed E-state index contributed by atoms with van der Waals surface area (Å²) in [4.78, 5) is 3.79. The molecule has 0 aliphatic carbocycles. The molecule has 0 saturated carbocycles. The predicted octanol–water partition coefficient (Wildman–Crippen LogP) is 3.58. The summed E-state index contributed by atoms with van der Waals surface area (Å²) in [6.45, 7) is 0. The highest BCUT2D eigenvalue weighted by molar-refractivity contribution is 9.08. The predicted molar refractivity (Wildman–Crippen MR) is 53.4 cm³/mol. The fourth-order valence-corrected chi connectivity index (χ4v) is 1.98. The molecule has 1 aromatic rings. The SMILES string of the molecule is COc1cc(C(F)F)c(CBr)c(Cl)n1. The van der Waals surface area contributed by atoms with E-state index in [0.29, 0.717) is 5.56 Å². The van der Waals surface area contributed by atoms with Crippen LogP contribution >= 0.6 is 27.5 Å². The molecule has 1 heterocycles. The average Bonchev–Trinajstić information content (AvgIpc) is 2.16. The highest BCUT2D eigenvalue weighted by Crippen LogP contribution is 2.31. The summed E-state index contributed by atoms with van der Waals surface area (Å²) in [7, 11) is 1.35. The van der Waals surface area contributed by atoms with Crippen LogP contribution in [-0.4, -0.2) is 12.1 Å². The lowest BCUT2D eigenvalue weighted by Gasteiger charge is -2.09. The Kier molecular flexibility index (Phi) is 4.07. The Balaban J connectivity index is 3.28. The normalized spacial score (nSPS) is 10.7. The first-order chi connectivity index (χ1) is 6.60. The van der Waals surface area contributed by atoms with Crippen LogP contribution in [0.1, 0.15) is 17.6 Å². The van der Waals surface area contributed by atoms with E-state index in [4.69, 9.17) is 16.3 Å². The highest BCUT2D eigenvalue weighted by Gasteiger charge is 2.17. The van der Waals surface area contributed by atoms with Gasteiger partial charge in [0.25, 0.3) is 6.43 Å². The molecule has 0 radical (unpaired) electrons. The van der Waals surface area contributed by atoms with Crippen molar-refractivity contribution in [2.45, 2.75) is 11.8 Å². The van der Waals surface area contributed by atoms with Crippen molar-refractivity contribution in [1.29, 1.82) is 0 Å². The summed E-state index contributed by atoms with van der Waals surface area (Å²) in [5.74, 6) is 0.0926. The number of halogens is 4. The number of ether oxygens (including phenoxy) is 1. The Morgan fingerprint density at radius 3 is 2.71 bits per heavy atom. The minimum absolute atomic E-state index is 0.0384. The van der Waals surface area contributed by atoms with E-state index in [-0.39, 0.29) is 21.9 Å². The van der Waals surface area contributed by atoms with E-state index in [1.165, 1.54) is 13.2 Å². The number of alkyl halides is 3. The quantitative estimate of drug-likeness (QED) is 0.626. The van der Waals surface area contributed by atoms with Gasteiger partial charge in [-0.1, -0.05) is 27.5 Å². The second-order valence-electron chi connectivity index (χ2n) is 2.46. The molecule has 0 unspecified atom stereocenters. The Bertz CT molecular complexity index is 335. The topological polar surface area (TPSA) is 22.1 Å². The van der Waals surface area contributed by atoms with Gasteiger partial charge in [-0.3, -0.25) is 0 Å². The lowest BCUT2D eigenvalue weighted by Crippen LogP contribution is -1.98. The van der Waals surface area contributed by atoms with Crippen molar-refractivity contribution < 1.29 is 13.5 Å². The lowest BCUT2D eigenvalue weighted by atomic mass is 10.1. The smallest absolute Gasteiger partial charge is 0.264 e. The van der Waals surface area contributed by atoms with E-state index < -0.39 is 6.43 Å². The van der Waals surface area contributed by atoms with Crippen LogP contribution in [0.2, 0.25) is 5.15 Å². The van der Waals surface area contributed by atoms with Crippen LogP contribution < -0.4 is 4.74 Å². The number of aromatic nitrogens is 1. The third-order valence-corrected chi connectivity index (χ3v) is 2.54. The molecule has 1 rings (SSSR count). The number of rotatable bonds is 3. The van der Waals surface area contributed by atoms with Gasteiger partial charge in [0.1, 0.15) is 5.15 Å². The first-order valence-corrected chi connectivity index (χ1v) is 5.17. The Morgan fingerprint density at radius 2 is 2.29 bits per heavy atom. The van der Waals surface area contributed by atoms with Gasteiger partial charge in [-0.25, -0.2) is 13.8 Å². The Labute approximate surface area is 93.4 Å². The molecule has 78 valence electrons. The van der Waals surface area contributed by atoms with Gasteiger partial charge in [-0.05, 0) is 0 Å². The molecule has 0 amide bonds. The van der Waals surface area contributed by atoms with E-state index in [2.05, 4.69) is 20.9 Å². The molecule has 0 bridgehead atoms. The Hall–Kier alpha value is -0.420. The molecule has 14 heavy (non-hydrogen) atoms. The minimum atomic E-state index is -2.59. The van der Waals surface area contributed by atoms with Gasteiger partial charge in [0.15, 0.2) is 0 Å². The van der Waals surface area contributed by atoms with Crippen molar-refractivity contribution in [2.24, 2.45) is 0 Å². The average molecular weight is 287 g/mol. The lowest BCUT2D eigenvalue weighted by molar-refractivity contribution is 0.150. The monoisotopic (exact) mass is 285 g/mol. The van der Waals surface area contributed by atoms with Gasteiger partial charge in [0.2, 0.25) is 5.88 Å². The summed E-state index contributed by atoms with van der Waals surface area (Å²) >= 11 is 8.78. The van der Waals surface area contributed by atoms with E-state index in [9.17, 15) is 8.78 Å². The zero-order chi connectivity index (χ0) is 10.7. The molecule has 0 spiro atoms. The second-order valence-corrected chi connectivity index (χ2v) is 3.38. The Morgan fingerprint density at radius 1 is 1.64 bits per heavy atom. The third kappa shape index (κ3) is 2.33. The molecule has 0 fully saturated rings. The summed E-state index contributed by atoms with van der Waals surface area (Å²) in [6, 6.07) is 1.19. The fraction of sp³-hybridized carbons (Fsp3) is 0.375. The highest BCUT2D eigenvalue weighted by atomic mass is 79.9. The molecule has 0 aliphatic heterocycles. The fourth-order valence-electron chi connectivity index (χ4n) is 0.967. The number of nitrogens with zero attached hydrogens (tertiary/aromatic N) is 1. The van der Waals surface area contributed by atoms with Crippen LogP contribution in [0.4, 0.5) is 8.78 Å². The van der Waals surface area contributed by atoms with E-state index in [1.807, 2.05) is 0 Å². The van der Waals surface area contributed by atoms with Crippen LogP contribution in [-0.2, 0) is 5.33 Å². The molecule has 1 aromatic heterocycles. The molecular formula is C8H7BrClF2NO. The minimum Gasteiger partial charge on any atom is -0.481 e. The standard InChI is InChI=1S/C8H7BrClF2NO/c1-14-6-2-4(8(11)12)5(3-9)7(10)13-6/h2,8H,3H2,1H3. The molecule has 6 heteroatoms. The van der Waals surface area contributed by atoms with Crippen molar-refractivity contribution in [1.82, 2.24) is 4.98 Å². The zero-order valence-corrected chi connectivity index (χ0v) is 9.57. The van der Waals surface area contributed by atoms with Crippen molar-refractivity contribution in [3.8, 4) is 5.88 Å². The number of hydrogen-bond donors (Lipinski definition) is 0. The molecule has 0 aromatic carbocycles.